The molecule has 1 aromatic carbocycles. The van der Waals surface area contributed by atoms with E-state index in [1.165, 1.54) is 0 Å². The third-order valence-corrected chi connectivity index (χ3v) is 2.90. The van der Waals surface area contributed by atoms with Crippen LogP contribution in [0.2, 0.25) is 0 Å². The van der Waals surface area contributed by atoms with Crippen LogP contribution < -0.4 is 4.74 Å². The summed E-state index contributed by atoms with van der Waals surface area (Å²) in [6.07, 6.45) is 0.934. The number of aryl methyl sites for hydroxylation is 1. The van der Waals surface area contributed by atoms with Gasteiger partial charge >= 0.3 is 6.21 Å². The summed E-state index contributed by atoms with van der Waals surface area (Å²) in [7, 11) is 1.60. The highest BCUT2D eigenvalue weighted by atomic mass is 16.5. The molecule has 0 aromatic heterocycles. The Bertz CT molecular complexity index is 486. The molecule has 1 aromatic rings. The van der Waals surface area contributed by atoms with Crippen molar-refractivity contribution in [3.8, 4) is 5.75 Å². The van der Waals surface area contributed by atoms with Gasteiger partial charge in [0.05, 0.1) is 12.5 Å². The fraction of sp³-hybridized carbons (Fsp3) is 0.385. The van der Waals surface area contributed by atoms with Gasteiger partial charge in [0.15, 0.2) is 0 Å². The van der Waals surface area contributed by atoms with Crippen molar-refractivity contribution in [2.45, 2.75) is 26.2 Å². The highest BCUT2D eigenvalue weighted by Gasteiger charge is 2.32. The summed E-state index contributed by atoms with van der Waals surface area (Å²) in [6.45, 7) is 5.51. The van der Waals surface area contributed by atoms with Crippen molar-refractivity contribution in [1.29, 1.82) is 0 Å². The number of ether oxygens (including phenoxy) is 1. The first-order valence-corrected chi connectivity index (χ1v) is 5.30. The number of carbonyl (C=O) groups is 1. The molecule has 0 aliphatic carbocycles. The SMILES string of the molecule is COc1ccc(C(C)(C)C(=O)C=[N+]=[N-])c(C)c1. The Hall–Kier alpha value is -1.93. The van der Waals surface area contributed by atoms with E-state index in [1.54, 1.807) is 21.0 Å². The summed E-state index contributed by atoms with van der Waals surface area (Å²) in [4.78, 5) is 14.6. The first-order valence-electron chi connectivity index (χ1n) is 5.30. The minimum absolute atomic E-state index is 0.242. The van der Waals surface area contributed by atoms with Crippen LogP contribution in [0, 0.1) is 6.92 Å². The second kappa shape index (κ2) is 4.93. The molecule has 4 heteroatoms. The number of rotatable bonds is 4. The van der Waals surface area contributed by atoms with Crippen molar-refractivity contribution in [2.24, 2.45) is 0 Å². The van der Waals surface area contributed by atoms with Gasteiger partial charge in [-0.15, -0.1) is 0 Å². The van der Waals surface area contributed by atoms with E-state index < -0.39 is 5.41 Å². The molecular weight excluding hydrogens is 216 g/mol. The van der Waals surface area contributed by atoms with Crippen LogP contribution >= 0.6 is 0 Å². The van der Waals surface area contributed by atoms with Crippen LogP contribution in [-0.2, 0) is 10.2 Å². The van der Waals surface area contributed by atoms with E-state index in [-0.39, 0.29) is 5.78 Å². The van der Waals surface area contributed by atoms with E-state index in [0.29, 0.717) is 0 Å². The van der Waals surface area contributed by atoms with Crippen molar-refractivity contribution in [2.75, 3.05) is 7.11 Å². The number of Topliss-reactive ketones (excluding diaryl/α,β-unsaturated/α-hetero) is 1. The first-order chi connectivity index (χ1) is 7.93. The van der Waals surface area contributed by atoms with Crippen LogP contribution in [-0.4, -0.2) is 23.9 Å². The standard InChI is InChI=1S/C13H16N2O2/c1-9-7-10(17-4)5-6-11(9)13(2,3)12(16)8-15-14/h5-8H,1-4H3. The predicted octanol–water partition coefficient (Wildman–Crippen LogP) is 2.15. The van der Waals surface area contributed by atoms with Crippen LogP contribution in [0.25, 0.3) is 5.53 Å². The van der Waals surface area contributed by atoms with E-state index in [4.69, 9.17) is 10.3 Å². The molecule has 0 spiro atoms. The highest BCUT2D eigenvalue weighted by Crippen LogP contribution is 2.29. The quantitative estimate of drug-likeness (QED) is 0.453. The molecule has 0 unspecified atom stereocenters. The highest BCUT2D eigenvalue weighted by molar-refractivity contribution is 6.29. The van der Waals surface area contributed by atoms with E-state index in [9.17, 15) is 4.79 Å². The van der Waals surface area contributed by atoms with Gasteiger partial charge in [-0.1, -0.05) is 6.07 Å². The normalized spacial score (nSPS) is 10.6. The Labute approximate surface area is 101 Å². The van der Waals surface area contributed by atoms with Crippen molar-refractivity contribution < 1.29 is 14.3 Å². The largest absolute Gasteiger partial charge is 0.497 e. The van der Waals surface area contributed by atoms with E-state index in [0.717, 1.165) is 23.1 Å². The Morgan fingerprint density at radius 3 is 2.59 bits per heavy atom. The summed E-state index contributed by atoms with van der Waals surface area (Å²) in [6, 6.07) is 5.55. The van der Waals surface area contributed by atoms with Crippen LogP contribution in [0.1, 0.15) is 25.0 Å². The van der Waals surface area contributed by atoms with Gasteiger partial charge in [0.2, 0.25) is 5.78 Å². The number of ketones is 1. The minimum atomic E-state index is -0.720. The van der Waals surface area contributed by atoms with E-state index in [2.05, 4.69) is 4.79 Å². The molecule has 0 amide bonds. The van der Waals surface area contributed by atoms with Gasteiger partial charge < -0.3 is 10.3 Å². The third kappa shape index (κ3) is 2.60. The Balaban J connectivity index is 3.23. The summed E-state index contributed by atoms with van der Waals surface area (Å²) in [5.74, 6) is 0.513. The van der Waals surface area contributed by atoms with Gasteiger partial charge in [-0.3, -0.25) is 4.79 Å². The van der Waals surface area contributed by atoms with Crippen LogP contribution in [0.5, 0.6) is 5.75 Å². The zero-order chi connectivity index (χ0) is 13.1. The number of nitrogens with zero attached hydrogens (tertiary/aromatic N) is 2. The summed E-state index contributed by atoms with van der Waals surface area (Å²) in [5, 5.41) is 0. The second-order valence-corrected chi connectivity index (χ2v) is 4.41. The molecule has 0 saturated heterocycles. The predicted molar refractivity (Wildman–Crippen MR) is 65.4 cm³/mol. The molecule has 0 saturated carbocycles. The van der Waals surface area contributed by atoms with Crippen molar-refractivity contribution in [3.63, 3.8) is 0 Å². The maximum absolute atomic E-state index is 11.8. The fourth-order valence-corrected chi connectivity index (χ4v) is 1.81. The zero-order valence-electron chi connectivity index (χ0n) is 10.5. The fourth-order valence-electron chi connectivity index (χ4n) is 1.81. The topological polar surface area (TPSA) is 62.7 Å². The molecule has 90 valence electrons. The average Bonchev–Trinajstić information content (AvgIpc) is 2.28. The van der Waals surface area contributed by atoms with Gasteiger partial charge in [-0.25, -0.2) is 0 Å². The van der Waals surface area contributed by atoms with Gasteiger partial charge in [0.25, 0.3) is 0 Å². The molecule has 0 aliphatic rings. The molecule has 17 heavy (non-hydrogen) atoms. The molecule has 1 rings (SSSR count). The van der Waals surface area contributed by atoms with Gasteiger partial charge in [0, 0.05) is 0 Å². The molecule has 0 atom stereocenters. The molecule has 4 nitrogen and oxygen atoms in total. The lowest BCUT2D eigenvalue weighted by atomic mass is 9.79. The van der Waals surface area contributed by atoms with Crippen molar-refractivity contribution in [1.82, 2.24) is 0 Å². The average molecular weight is 232 g/mol. The molecular formula is C13H16N2O2. The monoisotopic (exact) mass is 232 g/mol. The lowest BCUT2D eigenvalue weighted by molar-refractivity contribution is -0.120. The molecule has 0 radical (unpaired) electrons. The van der Waals surface area contributed by atoms with Crippen LogP contribution in [0.15, 0.2) is 18.2 Å². The second-order valence-electron chi connectivity index (χ2n) is 4.41. The maximum atomic E-state index is 11.8. The molecule has 0 N–H and O–H groups in total. The minimum Gasteiger partial charge on any atom is -0.497 e. The number of hydrogen-bond donors (Lipinski definition) is 0. The first kappa shape index (κ1) is 13.1. The smallest absolute Gasteiger partial charge is 0.324 e. The number of benzene rings is 1. The van der Waals surface area contributed by atoms with Crippen molar-refractivity contribution >= 4 is 12.0 Å². The number of hydrogen-bond acceptors (Lipinski definition) is 2. The number of methoxy groups -OCH3 is 1. The van der Waals surface area contributed by atoms with Crippen molar-refractivity contribution in [3.05, 3.63) is 34.9 Å². The summed E-state index contributed by atoms with van der Waals surface area (Å²) < 4.78 is 5.12. The summed E-state index contributed by atoms with van der Waals surface area (Å²) >= 11 is 0. The van der Waals surface area contributed by atoms with E-state index >= 15 is 0 Å². The van der Waals surface area contributed by atoms with Crippen LogP contribution in [0.3, 0.4) is 0 Å². The Morgan fingerprint density at radius 2 is 2.12 bits per heavy atom. The zero-order valence-corrected chi connectivity index (χ0v) is 10.5. The van der Waals surface area contributed by atoms with Crippen LogP contribution in [0.4, 0.5) is 0 Å². The third-order valence-electron chi connectivity index (χ3n) is 2.90. The van der Waals surface area contributed by atoms with Gasteiger partial charge in [-0.2, -0.15) is 4.79 Å². The van der Waals surface area contributed by atoms with E-state index in [1.807, 2.05) is 25.1 Å². The molecule has 0 bridgehead atoms. The summed E-state index contributed by atoms with van der Waals surface area (Å²) in [5.41, 5.74) is 9.57. The lowest BCUT2D eigenvalue weighted by Gasteiger charge is -2.22. The molecule has 0 fully saturated rings. The lowest BCUT2D eigenvalue weighted by Crippen LogP contribution is -2.31. The maximum Gasteiger partial charge on any atom is 0.324 e. The molecule has 0 aliphatic heterocycles. The Kier molecular flexibility index (Phi) is 3.81. The van der Waals surface area contributed by atoms with Gasteiger partial charge in [0.1, 0.15) is 5.75 Å². The number of carbonyl (C=O) groups excluding carboxylic acids is 1. The van der Waals surface area contributed by atoms with Gasteiger partial charge in [-0.05, 0) is 44.0 Å². The molecule has 0 heterocycles. The Morgan fingerprint density at radius 1 is 1.47 bits per heavy atom.